The maximum Gasteiger partial charge on any atom is 0.124 e. The molecule has 1 fully saturated rings. The van der Waals surface area contributed by atoms with E-state index in [4.69, 9.17) is 0 Å². The summed E-state index contributed by atoms with van der Waals surface area (Å²) in [4.78, 5) is 0. The van der Waals surface area contributed by atoms with Crippen molar-refractivity contribution in [3.05, 3.63) is 18.0 Å². The second kappa shape index (κ2) is 1.34. The standard InChI is InChI=1S/C6H7NO/c1-2-5(1)6-3-4-8-7-6/h3-5H,1-2H2. The Morgan fingerprint density at radius 1 is 1.62 bits per heavy atom. The van der Waals surface area contributed by atoms with Crippen LogP contribution in [-0.4, -0.2) is 5.16 Å². The van der Waals surface area contributed by atoms with E-state index in [0.29, 0.717) is 0 Å². The Morgan fingerprint density at radius 2 is 2.50 bits per heavy atom. The molecule has 0 N–H and O–H groups in total. The lowest BCUT2D eigenvalue weighted by Crippen LogP contribution is -1.73. The van der Waals surface area contributed by atoms with Crippen LogP contribution < -0.4 is 0 Å². The Labute approximate surface area is 47.5 Å². The number of hydrogen-bond acceptors (Lipinski definition) is 2. The van der Waals surface area contributed by atoms with Crippen molar-refractivity contribution in [2.24, 2.45) is 0 Å². The van der Waals surface area contributed by atoms with Crippen LogP contribution in [0.3, 0.4) is 0 Å². The summed E-state index contributed by atoms with van der Waals surface area (Å²) in [5.41, 5.74) is 1.13. The Kier molecular flexibility index (Phi) is 0.692. The summed E-state index contributed by atoms with van der Waals surface area (Å²) < 4.78 is 4.67. The van der Waals surface area contributed by atoms with Gasteiger partial charge in [0.2, 0.25) is 0 Å². The maximum absolute atomic E-state index is 4.67. The third-order valence-corrected chi connectivity index (χ3v) is 1.45. The van der Waals surface area contributed by atoms with Gasteiger partial charge in [-0.1, -0.05) is 5.16 Å². The first-order valence-corrected chi connectivity index (χ1v) is 2.87. The first kappa shape index (κ1) is 4.13. The van der Waals surface area contributed by atoms with Gasteiger partial charge < -0.3 is 4.52 Å². The van der Waals surface area contributed by atoms with E-state index >= 15 is 0 Å². The molecular weight excluding hydrogens is 102 g/mol. The molecular formula is C6H7NO. The molecule has 2 heteroatoms. The highest BCUT2D eigenvalue weighted by molar-refractivity contribution is 5.10. The summed E-state index contributed by atoms with van der Waals surface area (Å²) in [6, 6.07) is 1.94. The highest BCUT2D eigenvalue weighted by Crippen LogP contribution is 2.38. The molecule has 1 saturated carbocycles. The topological polar surface area (TPSA) is 26.0 Å². The first-order chi connectivity index (χ1) is 3.97. The Bertz CT molecular complexity index is 165. The van der Waals surface area contributed by atoms with E-state index in [1.165, 1.54) is 12.8 Å². The lowest BCUT2D eigenvalue weighted by Gasteiger charge is -1.78. The van der Waals surface area contributed by atoms with E-state index in [9.17, 15) is 0 Å². The maximum atomic E-state index is 4.67. The molecule has 8 heavy (non-hydrogen) atoms. The van der Waals surface area contributed by atoms with Crippen molar-refractivity contribution in [3.63, 3.8) is 0 Å². The van der Waals surface area contributed by atoms with Crippen LogP contribution in [0.15, 0.2) is 16.9 Å². The molecule has 0 aliphatic heterocycles. The fourth-order valence-corrected chi connectivity index (χ4v) is 0.812. The van der Waals surface area contributed by atoms with E-state index in [2.05, 4.69) is 9.68 Å². The molecule has 1 heterocycles. The zero-order chi connectivity index (χ0) is 5.40. The summed E-state index contributed by atoms with van der Waals surface area (Å²) in [6.45, 7) is 0. The van der Waals surface area contributed by atoms with Crippen molar-refractivity contribution in [1.29, 1.82) is 0 Å². The molecule has 0 unspecified atom stereocenters. The van der Waals surface area contributed by atoms with Gasteiger partial charge in [-0.3, -0.25) is 0 Å². The molecule has 0 saturated heterocycles. The molecule has 0 radical (unpaired) electrons. The lowest BCUT2D eigenvalue weighted by atomic mass is 10.3. The minimum atomic E-state index is 0.730. The summed E-state index contributed by atoms with van der Waals surface area (Å²) in [5, 5.41) is 3.80. The van der Waals surface area contributed by atoms with Gasteiger partial charge in [-0.2, -0.15) is 0 Å². The van der Waals surface area contributed by atoms with Crippen LogP contribution in [0.4, 0.5) is 0 Å². The summed E-state index contributed by atoms with van der Waals surface area (Å²) in [5.74, 6) is 0.730. The van der Waals surface area contributed by atoms with Crippen molar-refractivity contribution in [3.8, 4) is 0 Å². The van der Waals surface area contributed by atoms with Crippen molar-refractivity contribution in [1.82, 2.24) is 5.16 Å². The van der Waals surface area contributed by atoms with E-state index < -0.39 is 0 Å². The zero-order valence-corrected chi connectivity index (χ0v) is 4.50. The van der Waals surface area contributed by atoms with Crippen LogP contribution in [-0.2, 0) is 0 Å². The van der Waals surface area contributed by atoms with Crippen molar-refractivity contribution in [2.75, 3.05) is 0 Å². The van der Waals surface area contributed by atoms with E-state index in [0.717, 1.165) is 11.6 Å². The van der Waals surface area contributed by atoms with Crippen molar-refractivity contribution >= 4 is 0 Å². The fourth-order valence-electron chi connectivity index (χ4n) is 0.812. The van der Waals surface area contributed by atoms with Gasteiger partial charge in [0.1, 0.15) is 6.26 Å². The van der Waals surface area contributed by atoms with Gasteiger partial charge >= 0.3 is 0 Å². The minimum absolute atomic E-state index is 0.730. The van der Waals surface area contributed by atoms with Crippen molar-refractivity contribution in [2.45, 2.75) is 18.8 Å². The molecule has 0 aromatic carbocycles. The highest BCUT2D eigenvalue weighted by atomic mass is 16.5. The summed E-state index contributed by atoms with van der Waals surface area (Å²) in [7, 11) is 0. The molecule has 0 atom stereocenters. The number of hydrogen-bond donors (Lipinski definition) is 0. The van der Waals surface area contributed by atoms with Crippen molar-refractivity contribution < 1.29 is 4.52 Å². The Morgan fingerprint density at radius 3 is 3.00 bits per heavy atom. The Balaban J connectivity index is 2.28. The van der Waals surface area contributed by atoms with Gasteiger partial charge in [0.15, 0.2) is 0 Å². The second-order valence-corrected chi connectivity index (χ2v) is 2.20. The van der Waals surface area contributed by atoms with Crippen LogP contribution >= 0.6 is 0 Å². The van der Waals surface area contributed by atoms with Crippen LogP contribution in [0.1, 0.15) is 24.5 Å². The molecule has 42 valence electrons. The third kappa shape index (κ3) is 0.529. The minimum Gasteiger partial charge on any atom is -0.365 e. The largest absolute Gasteiger partial charge is 0.365 e. The molecule has 0 spiro atoms. The predicted molar refractivity (Wildman–Crippen MR) is 28.5 cm³/mol. The molecule has 0 bridgehead atoms. The Hall–Kier alpha value is -0.790. The smallest absolute Gasteiger partial charge is 0.124 e. The first-order valence-electron chi connectivity index (χ1n) is 2.87. The van der Waals surface area contributed by atoms with E-state index in [1.807, 2.05) is 6.07 Å². The van der Waals surface area contributed by atoms with Crippen LogP contribution in [0.5, 0.6) is 0 Å². The van der Waals surface area contributed by atoms with Gasteiger partial charge in [0.05, 0.1) is 5.69 Å². The normalized spacial score (nSPS) is 19.0. The fraction of sp³-hybridized carbons (Fsp3) is 0.500. The number of nitrogens with zero attached hydrogens (tertiary/aromatic N) is 1. The van der Waals surface area contributed by atoms with E-state index in [-0.39, 0.29) is 0 Å². The quantitative estimate of drug-likeness (QED) is 0.546. The third-order valence-electron chi connectivity index (χ3n) is 1.45. The van der Waals surface area contributed by atoms with Crippen LogP contribution in [0, 0.1) is 0 Å². The summed E-state index contributed by atoms with van der Waals surface area (Å²) in [6.07, 6.45) is 4.23. The molecule has 0 amide bonds. The average Bonchev–Trinajstić information content (AvgIpc) is 2.49. The average molecular weight is 109 g/mol. The van der Waals surface area contributed by atoms with Crippen LogP contribution in [0.2, 0.25) is 0 Å². The van der Waals surface area contributed by atoms with Gasteiger partial charge in [-0.25, -0.2) is 0 Å². The predicted octanol–water partition coefficient (Wildman–Crippen LogP) is 1.55. The molecule has 1 aromatic rings. The molecule has 2 nitrogen and oxygen atoms in total. The zero-order valence-electron chi connectivity index (χ0n) is 4.50. The second-order valence-electron chi connectivity index (χ2n) is 2.20. The number of rotatable bonds is 1. The SMILES string of the molecule is c1cc(C2CC2)no1. The van der Waals surface area contributed by atoms with E-state index in [1.54, 1.807) is 6.26 Å². The van der Waals surface area contributed by atoms with Crippen LogP contribution in [0.25, 0.3) is 0 Å². The van der Waals surface area contributed by atoms with Gasteiger partial charge in [-0.05, 0) is 12.8 Å². The molecule has 1 aliphatic rings. The molecule has 1 aliphatic carbocycles. The van der Waals surface area contributed by atoms with Gasteiger partial charge in [0, 0.05) is 12.0 Å². The monoisotopic (exact) mass is 109 g/mol. The highest BCUT2D eigenvalue weighted by Gasteiger charge is 2.25. The number of aromatic nitrogens is 1. The van der Waals surface area contributed by atoms with Gasteiger partial charge in [0.25, 0.3) is 0 Å². The molecule has 2 rings (SSSR count). The van der Waals surface area contributed by atoms with Gasteiger partial charge in [-0.15, -0.1) is 0 Å². The lowest BCUT2D eigenvalue weighted by molar-refractivity contribution is 0.412. The molecule has 1 aromatic heterocycles. The summed E-state index contributed by atoms with van der Waals surface area (Å²) >= 11 is 0.